The van der Waals surface area contributed by atoms with Gasteiger partial charge >= 0.3 is 5.63 Å². The summed E-state index contributed by atoms with van der Waals surface area (Å²) < 4.78 is 5.08. The number of aliphatic carboxylic acids is 1. The summed E-state index contributed by atoms with van der Waals surface area (Å²) in [5.41, 5.74) is -0.698. The number of rotatable bonds is 5. The number of nitrogens with zero attached hydrogens (tertiary/aromatic N) is 1. The summed E-state index contributed by atoms with van der Waals surface area (Å²) >= 11 is 0. The van der Waals surface area contributed by atoms with E-state index in [4.69, 9.17) is 4.42 Å². The van der Waals surface area contributed by atoms with Crippen LogP contribution in [0.25, 0.3) is 11.0 Å². The van der Waals surface area contributed by atoms with Crippen LogP contribution in [0.15, 0.2) is 38.5 Å². The number of aromatic hydroxyl groups is 1. The summed E-state index contributed by atoms with van der Waals surface area (Å²) in [4.78, 5) is 26.8. The maximum atomic E-state index is 11.9. The lowest BCUT2D eigenvalue weighted by Crippen LogP contribution is -2.35. The van der Waals surface area contributed by atoms with Gasteiger partial charge in [-0.3, -0.25) is 4.99 Å². The fourth-order valence-electron chi connectivity index (χ4n) is 2.09. The third-order valence-electron chi connectivity index (χ3n) is 3.17. The van der Waals surface area contributed by atoms with Crippen LogP contribution in [0, 0.1) is 5.92 Å². The highest BCUT2D eigenvalue weighted by Gasteiger charge is 2.14. The molecule has 2 aromatic rings. The summed E-state index contributed by atoms with van der Waals surface area (Å²) in [7, 11) is 0. The fourth-order valence-corrected chi connectivity index (χ4v) is 2.09. The van der Waals surface area contributed by atoms with E-state index >= 15 is 0 Å². The molecule has 1 aromatic carbocycles. The number of para-hydroxylation sites is 1. The largest absolute Gasteiger partial charge is 0.548 e. The Morgan fingerprint density at radius 1 is 1.41 bits per heavy atom. The first-order valence-corrected chi connectivity index (χ1v) is 6.89. The lowest BCUT2D eigenvalue weighted by Gasteiger charge is -2.15. The summed E-state index contributed by atoms with van der Waals surface area (Å²) in [6.45, 7) is 3.71. The van der Waals surface area contributed by atoms with Crippen molar-refractivity contribution in [3.63, 3.8) is 0 Å². The molecule has 1 atom stereocenters. The van der Waals surface area contributed by atoms with Crippen molar-refractivity contribution in [1.29, 1.82) is 0 Å². The number of carboxylic acids is 1. The quantitative estimate of drug-likeness (QED) is 0.657. The van der Waals surface area contributed by atoms with Crippen molar-refractivity contribution >= 4 is 23.2 Å². The van der Waals surface area contributed by atoms with Gasteiger partial charge in [0.25, 0.3) is 0 Å². The zero-order valence-corrected chi connectivity index (χ0v) is 12.3. The van der Waals surface area contributed by atoms with Crippen LogP contribution in [-0.4, -0.2) is 23.3 Å². The molecule has 0 bridgehead atoms. The molecule has 0 aliphatic rings. The van der Waals surface area contributed by atoms with E-state index in [9.17, 15) is 19.8 Å². The van der Waals surface area contributed by atoms with Gasteiger partial charge < -0.3 is 19.4 Å². The van der Waals surface area contributed by atoms with Crippen LogP contribution in [0.1, 0.15) is 25.8 Å². The molecule has 1 unspecified atom stereocenters. The molecule has 116 valence electrons. The Morgan fingerprint density at radius 2 is 2.09 bits per heavy atom. The van der Waals surface area contributed by atoms with Crippen molar-refractivity contribution < 1.29 is 19.4 Å². The van der Waals surface area contributed by atoms with Gasteiger partial charge in [-0.2, -0.15) is 0 Å². The molecule has 1 heterocycles. The van der Waals surface area contributed by atoms with Gasteiger partial charge in [-0.1, -0.05) is 26.0 Å². The number of aliphatic imine (C=N–C) groups is 1. The zero-order valence-electron chi connectivity index (χ0n) is 12.3. The van der Waals surface area contributed by atoms with Gasteiger partial charge in [0.1, 0.15) is 16.9 Å². The molecule has 2 rings (SSSR count). The molecule has 1 aromatic heterocycles. The van der Waals surface area contributed by atoms with Gasteiger partial charge in [0.15, 0.2) is 0 Å². The number of benzene rings is 1. The molecule has 0 aliphatic heterocycles. The highest BCUT2D eigenvalue weighted by Crippen LogP contribution is 2.25. The Hall–Kier alpha value is -2.63. The van der Waals surface area contributed by atoms with Crippen LogP contribution in [0.4, 0.5) is 0 Å². The Labute approximate surface area is 126 Å². The second-order valence-corrected chi connectivity index (χ2v) is 5.39. The van der Waals surface area contributed by atoms with E-state index in [1.54, 1.807) is 24.3 Å². The minimum Gasteiger partial charge on any atom is -0.548 e. The van der Waals surface area contributed by atoms with E-state index in [1.807, 2.05) is 13.8 Å². The van der Waals surface area contributed by atoms with Crippen molar-refractivity contribution in [1.82, 2.24) is 0 Å². The summed E-state index contributed by atoms with van der Waals surface area (Å²) in [6.07, 6.45) is 1.31. The highest BCUT2D eigenvalue weighted by atomic mass is 16.4. The van der Waals surface area contributed by atoms with Gasteiger partial charge in [-0.05, 0) is 24.5 Å². The van der Waals surface area contributed by atoms with E-state index in [2.05, 4.69) is 4.99 Å². The van der Waals surface area contributed by atoms with Gasteiger partial charge in [-0.15, -0.1) is 0 Å². The van der Waals surface area contributed by atoms with Crippen LogP contribution < -0.4 is 10.7 Å². The Morgan fingerprint density at radius 3 is 2.73 bits per heavy atom. The Kier molecular flexibility index (Phi) is 4.60. The molecule has 1 N–H and O–H groups in total. The van der Waals surface area contributed by atoms with E-state index in [-0.39, 0.29) is 29.2 Å². The molecule has 0 amide bonds. The highest BCUT2D eigenvalue weighted by molar-refractivity contribution is 5.94. The first-order valence-electron chi connectivity index (χ1n) is 6.89. The van der Waals surface area contributed by atoms with Gasteiger partial charge in [0, 0.05) is 6.21 Å². The van der Waals surface area contributed by atoms with Crippen molar-refractivity contribution in [2.45, 2.75) is 26.3 Å². The average molecular weight is 302 g/mol. The minimum atomic E-state index is -1.32. The first-order chi connectivity index (χ1) is 10.4. The topological polar surface area (TPSA) is 103 Å². The predicted molar refractivity (Wildman–Crippen MR) is 80.0 cm³/mol. The molecule has 0 fully saturated rings. The molecule has 22 heavy (non-hydrogen) atoms. The minimum absolute atomic E-state index is 0.0988. The van der Waals surface area contributed by atoms with Crippen molar-refractivity contribution in [2.24, 2.45) is 10.9 Å². The smallest absolute Gasteiger partial charge is 0.348 e. The van der Waals surface area contributed by atoms with Crippen LogP contribution >= 0.6 is 0 Å². The monoisotopic (exact) mass is 302 g/mol. The molecular weight excluding hydrogens is 286 g/mol. The van der Waals surface area contributed by atoms with Crippen LogP contribution in [0.5, 0.6) is 5.75 Å². The third kappa shape index (κ3) is 3.33. The molecule has 0 aliphatic carbocycles. The molecule has 0 saturated heterocycles. The molecule has 0 saturated carbocycles. The lowest BCUT2D eigenvalue weighted by molar-refractivity contribution is -0.307. The number of carboxylic acid groups (broad SMARTS) is 1. The molecule has 0 radical (unpaired) electrons. The number of hydrogen-bond donors (Lipinski definition) is 1. The van der Waals surface area contributed by atoms with Crippen LogP contribution in [0.3, 0.4) is 0 Å². The number of hydrogen-bond acceptors (Lipinski definition) is 6. The van der Waals surface area contributed by atoms with Gasteiger partial charge in [-0.25, -0.2) is 4.79 Å². The predicted octanol–water partition coefficient (Wildman–Crippen LogP) is 1.08. The maximum Gasteiger partial charge on any atom is 0.348 e. The van der Waals surface area contributed by atoms with Crippen LogP contribution in [-0.2, 0) is 4.79 Å². The van der Waals surface area contributed by atoms with Gasteiger partial charge in [0.2, 0.25) is 0 Å². The summed E-state index contributed by atoms with van der Waals surface area (Å²) in [6, 6.07) is 5.43. The van der Waals surface area contributed by atoms with Crippen molar-refractivity contribution in [3.05, 3.63) is 40.2 Å². The van der Waals surface area contributed by atoms with Crippen molar-refractivity contribution in [2.75, 3.05) is 0 Å². The second-order valence-electron chi connectivity index (χ2n) is 5.39. The third-order valence-corrected chi connectivity index (χ3v) is 3.17. The van der Waals surface area contributed by atoms with E-state index < -0.39 is 17.6 Å². The molecule has 0 spiro atoms. The zero-order chi connectivity index (χ0) is 16.3. The second kappa shape index (κ2) is 6.43. The van der Waals surface area contributed by atoms with Gasteiger partial charge in [0.05, 0.1) is 17.4 Å². The fraction of sp³-hybridized carbons (Fsp3) is 0.312. The summed E-state index contributed by atoms with van der Waals surface area (Å²) in [5.74, 6) is -1.51. The van der Waals surface area contributed by atoms with Crippen molar-refractivity contribution in [3.8, 4) is 5.75 Å². The Balaban J connectivity index is 2.44. The number of fused-ring (bicyclic) bond motifs is 1. The van der Waals surface area contributed by atoms with E-state index in [1.165, 1.54) is 0 Å². The maximum absolute atomic E-state index is 11.9. The number of carbonyl (C=O) groups is 1. The van der Waals surface area contributed by atoms with E-state index in [0.717, 1.165) is 6.21 Å². The van der Waals surface area contributed by atoms with Crippen LogP contribution in [0.2, 0.25) is 0 Å². The number of carbonyl (C=O) groups excluding carboxylic acids is 1. The average Bonchev–Trinajstić information content (AvgIpc) is 2.45. The first kappa shape index (κ1) is 15.8. The molecule has 6 nitrogen and oxygen atoms in total. The molecular formula is C16H16NO5-. The Bertz CT molecular complexity index is 776. The summed E-state index contributed by atoms with van der Waals surface area (Å²) in [5, 5.41) is 21.6. The normalized spacial score (nSPS) is 13.0. The van der Waals surface area contributed by atoms with E-state index in [0.29, 0.717) is 5.39 Å². The molecule has 6 heteroatoms. The standard InChI is InChI=1S/C16H17NO5/c1-9(2)7-12(15(19)20)17-8-11-14(18)10-5-3-4-6-13(10)22-16(11)21/h3-6,8-9,12,18H,7H2,1-2H3,(H,19,20)/p-1. The SMILES string of the molecule is CC(C)CC(N=Cc1c(O)c2ccccc2oc1=O)C(=O)[O-]. The lowest BCUT2D eigenvalue weighted by atomic mass is 10.0.